The first kappa shape index (κ1) is 13.3. The van der Waals surface area contributed by atoms with E-state index in [2.05, 4.69) is 28.2 Å². The van der Waals surface area contributed by atoms with E-state index < -0.39 is 0 Å². The molecule has 0 aliphatic heterocycles. The number of nitrogens with two attached hydrogens (primary N) is 1. The van der Waals surface area contributed by atoms with Crippen molar-refractivity contribution in [3.8, 4) is 0 Å². The average molecular weight is 287 g/mol. The standard InChI is InChI=1S/C12H19BrN2O/c1-2-7-16-8-3-6-15-12-5-4-10(14)9-11(12)13/h4-5,9,15H,2-3,6-8,14H2,1H3. The predicted octanol–water partition coefficient (Wildman–Crippen LogP) is 3.26. The van der Waals surface area contributed by atoms with Crippen molar-refractivity contribution in [1.29, 1.82) is 0 Å². The largest absolute Gasteiger partial charge is 0.399 e. The number of ether oxygens (including phenoxy) is 1. The first-order valence-corrected chi connectivity index (χ1v) is 6.40. The Morgan fingerprint density at radius 3 is 2.88 bits per heavy atom. The van der Waals surface area contributed by atoms with Gasteiger partial charge in [-0.2, -0.15) is 0 Å². The van der Waals surface area contributed by atoms with Crippen LogP contribution in [0.3, 0.4) is 0 Å². The molecule has 16 heavy (non-hydrogen) atoms. The highest BCUT2D eigenvalue weighted by Gasteiger charge is 1.98. The second-order valence-corrected chi connectivity index (χ2v) is 4.49. The van der Waals surface area contributed by atoms with E-state index >= 15 is 0 Å². The third-order valence-electron chi connectivity index (χ3n) is 2.12. The van der Waals surface area contributed by atoms with Gasteiger partial charge in [-0.15, -0.1) is 0 Å². The van der Waals surface area contributed by atoms with Crippen molar-refractivity contribution in [2.24, 2.45) is 0 Å². The molecule has 0 spiro atoms. The Hall–Kier alpha value is -0.740. The summed E-state index contributed by atoms with van der Waals surface area (Å²) in [4.78, 5) is 0. The van der Waals surface area contributed by atoms with Crippen molar-refractivity contribution in [3.63, 3.8) is 0 Å². The lowest BCUT2D eigenvalue weighted by molar-refractivity contribution is 0.134. The van der Waals surface area contributed by atoms with Gasteiger partial charge in [0, 0.05) is 35.6 Å². The fraction of sp³-hybridized carbons (Fsp3) is 0.500. The minimum atomic E-state index is 0.767. The Morgan fingerprint density at radius 2 is 2.19 bits per heavy atom. The van der Waals surface area contributed by atoms with Crippen LogP contribution in [0.5, 0.6) is 0 Å². The molecule has 0 radical (unpaired) electrons. The quantitative estimate of drug-likeness (QED) is 0.597. The molecular weight excluding hydrogens is 268 g/mol. The predicted molar refractivity (Wildman–Crippen MR) is 72.8 cm³/mol. The molecule has 0 aliphatic rings. The highest BCUT2D eigenvalue weighted by Crippen LogP contribution is 2.24. The zero-order valence-corrected chi connectivity index (χ0v) is 11.2. The summed E-state index contributed by atoms with van der Waals surface area (Å²) in [6.07, 6.45) is 2.09. The number of rotatable bonds is 7. The molecule has 1 rings (SSSR count). The number of anilines is 2. The highest BCUT2D eigenvalue weighted by molar-refractivity contribution is 9.10. The second-order valence-electron chi connectivity index (χ2n) is 3.63. The third kappa shape index (κ3) is 4.86. The number of nitrogen functional groups attached to an aromatic ring is 1. The minimum absolute atomic E-state index is 0.767. The van der Waals surface area contributed by atoms with Gasteiger partial charge in [0.15, 0.2) is 0 Å². The van der Waals surface area contributed by atoms with Crippen LogP contribution in [0.4, 0.5) is 11.4 Å². The fourth-order valence-electron chi connectivity index (χ4n) is 1.32. The van der Waals surface area contributed by atoms with Crippen LogP contribution in [0.25, 0.3) is 0 Å². The molecule has 3 N–H and O–H groups in total. The van der Waals surface area contributed by atoms with E-state index in [0.29, 0.717) is 0 Å². The number of benzene rings is 1. The smallest absolute Gasteiger partial charge is 0.0486 e. The van der Waals surface area contributed by atoms with Gasteiger partial charge in [0.25, 0.3) is 0 Å². The molecule has 0 fully saturated rings. The lowest BCUT2D eigenvalue weighted by Gasteiger charge is -2.09. The maximum absolute atomic E-state index is 5.66. The molecule has 0 saturated carbocycles. The van der Waals surface area contributed by atoms with E-state index in [1.165, 1.54) is 0 Å². The number of hydrogen-bond donors (Lipinski definition) is 2. The summed E-state index contributed by atoms with van der Waals surface area (Å²) >= 11 is 3.47. The van der Waals surface area contributed by atoms with Gasteiger partial charge < -0.3 is 15.8 Å². The molecule has 0 aliphatic carbocycles. The van der Waals surface area contributed by atoms with E-state index in [1.807, 2.05) is 18.2 Å². The van der Waals surface area contributed by atoms with Crippen LogP contribution in [0, 0.1) is 0 Å². The van der Waals surface area contributed by atoms with Gasteiger partial charge in [0.2, 0.25) is 0 Å². The Labute approximate surface area is 105 Å². The van der Waals surface area contributed by atoms with E-state index in [-0.39, 0.29) is 0 Å². The molecule has 0 heterocycles. The summed E-state index contributed by atoms with van der Waals surface area (Å²) in [5.41, 5.74) is 7.50. The lowest BCUT2D eigenvalue weighted by Crippen LogP contribution is -2.06. The SMILES string of the molecule is CCCOCCCNc1ccc(N)cc1Br. The summed E-state index contributed by atoms with van der Waals surface area (Å²) in [5, 5.41) is 3.33. The number of halogens is 1. The summed E-state index contributed by atoms with van der Waals surface area (Å²) in [6, 6.07) is 5.77. The summed E-state index contributed by atoms with van der Waals surface area (Å²) in [6.45, 7) is 4.69. The molecule has 0 amide bonds. The average Bonchev–Trinajstić information content (AvgIpc) is 2.26. The van der Waals surface area contributed by atoms with E-state index in [4.69, 9.17) is 10.5 Å². The van der Waals surface area contributed by atoms with Crippen LogP contribution >= 0.6 is 15.9 Å². The summed E-state index contributed by atoms with van der Waals surface area (Å²) in [5.74, 6) is 0. The molecule has 0 atom stereocenters. The Morgan fingerprint density at radius 1 is 1.38 bits per heavy atom. The van der Waals surface area contributed by atoms with Crippen molar-refractivity contribution >= 4 is 27.3 Å². The van der Waals surface area contributed by atoms with Crippen LogP contribution in [0.15, 0.2) is 22.7 Å². The molecule has 0 unspecified atom stereocenters. The first-order valence-electron chi connectivity index (χ1n) is 5.60. The van der Waals surface area contributed by atoms with E-state index in [1.54, 1.807) is 0 Å². The van der Waals surface area contributed by atoms with Crippen molar-refractivity contribution in [2.45, 2.75) is 19.8 Å². The molecular formula is C12H19BrN2O. The molecule has 0 aromatic heterocycles. The third-order valence-corrected chi connectivity index (χ3v) is 2.78. The van der Waals surface area contributed by atoms with Gasteiger partial charge in [-0.1, -0.05) is 6.92 Å². The Balaban J connectivity index is 2.21. The summed E-state index contributed by atoms with van der Waals surface area (Å²) < 4.78 is 6.40. The van der Waals surface area contributed by atoms with Crippen molar-refractivity contribution < 1.29 is 4.74 Å². The zero-order valence-electron chi connectivity index (χ0n) is 9.63. The van der Waals surface area contributed by atoms with Crippen molar-refractivity contribution in [3.05, 3.63) is 22.7 Å². The van der Waals surface area contributed by atoms with Gasteiger partial charge >= 0.3 is 0 Å². The monoisotopic (exact) mass is 286 g/mol. The van der Waals surface area contributed by atoms with Gasteiger partial charge in [0.1, 0.15) is 0 Å². The molecule has 90 valence electrons. The molecule has 1 aromatic carbocycles. The zero-order chi connectivity index (χ0) is 11.8. The van der Waals surface area contributed by atoms with Crippen LogP contribution in [-0.2, 0) is 4.74 Å². The van der Waals surface area contributed by atoms with Crippen molar-refractivity contribution in [1.82, 2.24) is 0 Å². The van der Waals surface area contributed by atoms with Crippen LogP contribution in [-0.4, -0.2) is 19.8 Å². The molecule has 3 nitrogen and oxygen atoms in total. The minimum Gasteiger partial charge on any atom is -0.399 e. The number of nitrogens with one attached hydrogen (secondary N) is 1. The van der Waals surface area contributed by atoms with Crippen LogP contribution in [0.1, 0.15) is 19.8 Å². The molecule has 4 heteroatoms. The number of hydrogen-bond acceptors (Lipinski definition) is 3. The van der Waals surface area contributed by atoms with Gasteiger partial charge in [-0.3, -0.25) is 0 Å². The highest BCUT2D eigenvalue weighted by atomic mass is 79.9. The topological polar surface area (TPSA) is 47.3 Å². The molecule has 1 aromatic rings. The Kier molecular flexibility index (Phi) is 6.26. The fourth-order valence-corrected chi connectivity index (χ4v) is 1.86. The summed E-state index contributed by atoms with van der Waals surface area (Å²) in [7, 11) is 0. The molecule has 0 saturated heterocycles. The maximum atomic E-state index is 5.66. The first-order chi connectivity index (χ1) is 7.74. The van der Waals surface area contributed by atoms with E-state index in [9.17, 15) is 0 Å². The van der Waals surface area contributed by atoms with Crippen LogP contribution in [0.2, 0.25) is 0 Å². The van der Waals surface area contributed by atoms with Crippen molar-refractivity contribution in [2.75, 3.05) is 30.8 Å². The van der Waals surface area contributed by atoms with Gasteiger partial charge in [0.05, 0.1) is 0 Å². The van der Waals surface area contributed by atoms with Crippen LogP contribution < -0.4 is 11.1 Å². The maximum Gasteiger partial charge on any atom is 0.0486 e. The second kappa shape index (κ2) is 7.52. The lowest BCUT2D eigenvalue weighted by atomic mass is 10.3. The van der Waals surface area contributed by atoms with Gasteiger partial charge in [-0.05, 0) is 47.0 Å². The normalized spacial score (nSPS) is 10.4. The van der Waals surface area contributed by atoms with E-state index in [0.717, 1.165) is 48.4 Å². The van der Waals surface area contributed by atoms with Gasteiger partial charge in [-0.25, -0.2) is 0 Å². The Bertz CT molecular complexity index is 318. The molecule has 0 bridgehead atoms.